The number of ether oxygens (including phenoxy) is 1. The van der Waals surface area contributed by atoms with Gasteiger partial charge < -0.3 is 15.4 Å². The minimum Gasteiger partial charge on any atom is -0.449 e. The molecular formula is C10H18N2O3. The smallest absolute Gasteiger partial charge is 0.409 e. The maximum absolute atomic E-state index is 11.4. The van der Waals surface area contributed by atoms with Crippen LogP contribution in [0.2, 0.25) is 0 Å². The van der Waals surface area contributed by atoms with E-state index < -0.39 is 0 Å². The lowest BCUT2D eigenvalue weighted by molar-refractivity contribution is -0.121. The molecule has 1 atom stereocenters. The van der Waals surface area contributed by atoms with Crippen LogP contribution in [0, 0.1) is 5.92 Å². The molecule has 2 N–H and O–H groups in total. The number of nitrogens with zero attached hydrogens (tertiary/aromatic N) is 1. The number of unbranched alkanes of at least 4 members (excludes halogenated alkanes) is 1. The van der Waals surface area contributed by atoms with Crippen molar-refractivity contribution in [3.63, 3.8) is 0 Å². The molecule has 5 nitrogen and oxygen atoms in total. The fourth-order valence-corrected chi connectivity index (χ4v) is 1.55. The number of carbonyl (C=O) groups excluding carboxylic acids is 2. The Bertz CT molecular complexity index is 243. The fraction of sp³-hybridized carbons (Fsp3) is 0.800. The molecule has 0 radical (unpaired) electrons. The van der Waals surface area contributed by atoms with E-state index in [4.69, 9.17) is 10.5 Å². The van der Waals surface area contributed by atoms with Gasteiger partial charge in [-0.1, -0.05) is 13.3 Å². The van der Waals surface area contributed by atoms with Crippen LogP contribution in [0.1, 0.15) is 26.2 Å². The second kappa shape index (κ2) is 5.58. The van der Waals surface area contributed by atoms with Crippen LogP contribution in [0.5, 0.6) is 0 Å². The van der Waals surface area contributed by atoms with Gasteiger partial charge in [-0.2, -0.15) is 0 Å². The summed E-state index contributed by atoms with van der Waals surface area (Å²) in [5.74, 6) is -0.539. The van der Waals surface area contributed by atoms with Crippen molar-refractivity contribution in [2.75, 3.05) is 19.7 Å². The van der Waals surface area contributed by atoms with Crippen molar-refractivity contribution < 1.29 is 14.3 Å². The van der Waals surface area contributed by atoms with E-state index in [1.807, 2.05) is 6.92 Å². The van der Waals surface area contributed by atoms with Gasteiger partial charge in [0.15, 0.2) is 0 Å². The van der Waals surface area contributed by atoms with E-state index in [1.165, 1.54) is 0 Å². The SMILES string of the molecule is CCCCOC(=O)N1CCC(C(N)=O)C1. The summed E-state index contributed by atoms with van der Waals surface area (Å²) >= 11 is 0. The molecule has 1 rings (SSSR count). The Labute approximate surface area is 89.6 Å². The third kappa shape index (κ3) is 3.42. The lowest BCUT2D eigenvalue weighted by Gasteiger charge is -2.15. The monoisotopic (exact) mass is 214 g/mol. The molecule has 0 saturated carbocycles. The van der Waals surface area contributed by atoms with E-state index in [-0.39, 0.29) is 17.9 Å². The average Bonchev–Trinajstić information content (AvgIpc) is 2.66. The first kappa shape index (κ1) is 11.8. The zero-order chi connectivity index (χ0) is 11.3. The van der Waals surface area contributed by atoms with Crippen LogP contribution in [0.3, 0.4) is 0 Å². The lowest BCUT2D eigenvalue weighted by Crippen LogP contribution is -2.32. The highest BCUT2D eigenvalue weighted by molar-refractivity contribution is 5.78. The highest BCUT2D eigenvalue weighted by Crippen LogP contribution is 2.16. The highest BCUT2D eigenvalue weighted by atomic mass is 16.6. The van der Waals surface area contributed by atoms with Gasteiger partial charge >= 0.3 is 6.09 Å². The Morgan fingerprint density at radius 1 is 1.53 bits per heavy atom. The minimum absolute atomic E-state index is 0.205. The first-order valence-electron chi connectivity index (χ1n) is 5.36. The van der Waals surface area contributed by atoms with E-state index in [1.54, 1.807) is 4.90 Å². The molecule has 5 heteroatoms. The van der Waals surface area contributed by atoms with Gasteiger partial charge in [-0.3, -0.25) is 4.79 Å². The number of hydrogen-bond acceptors (Lipinski definition) is 3. The molecule has 1 saturated heterocycles. The van der Waals surface area contributed by atoms with Crippen molar-refractivity contribution in [2.24, 2.45) is 11.7 Å². The number of rotatable bonds is 4. The van der Waals surface area contributed by atoms with Crippen molar-refractivity contribution in [1.29, 1.82) is 0 Å². The second-order valence-electron chi connectivity index (χ2n) is 3.80. The first-order valence-corrected chi connectivity index (χ1v) is 5.36. The Kier molecular flexibility index (Phi) is 4.39. The van der Waals surface area contributed by atoms with Crippen molar-refractivity contribution in [3.8, 4) is 0 Å². The quantitative estimate of drug-likeness (QED) is 0.701. The molecule has 0 aromatic heterocycles. The molecule has 0 aromatic carbocycles. The molecule has 1 heterocycles. The number of hydrogen-bond donors (Lipinski definition) is 1. The topological polar surface area (TPSA) is 72.6 Å². The molecular weight excluding hydrogens is 196 g/mol. The summed E-state index contributed by atoms with van der Waals surface area (Å²) in [6.45, 7) is 3.46. The molecule has 1 fully saturated rings. The van der Waals surface area contributed by atoms with Gasteiger partial charge in [0.2, 0.25) is 5.91 Å². The van der Waals surface area contributed by atoms with Gasteiger partial charge in [-0.05, 0) is 12.8 Å². The Morgan fingerprint density at radius 2 is 2.27 bits per heavy atom. The molecule has 0 aliphatic carbocycles. The van der Waals surface area contributed by atoms with E-state index >= 15 is 0 Å². The van der Waals surface area contributed by atoms with Crippen molar-refractivity contribution in [2.45, 2.75) is 26.2 Å². The summed E-state index contributed by atoms with van der Waals surface area (Å²) in [5.41, 5.74) is 5.16. The maximum atomic E-state index is 11.4. The van der Waals surface area contributed by atoms with E-state index in [0.29, 0.717) is 26.1 Å². The number of nitrogens with two attached hydrogens (primary N) is 1. The van der Waals surface area contributed by atoms with Gasteiger partial charge in [0.25, 0.3) is 0 Å². The Morgan fingerprint density at radius 3 is 2.80 bits per heavy atom. The summed E-state index contributed by atoms with van der Waals surface area (Å²) in [6.07, 6.45) is 2.20. The van der Waals surface area contributed by atoms with Gasteiger partial charge in [-0.15, -0.1) is 0 Å². The average molecular weight is 214 g/mol. The zero-order valence-electron chi connectivity index (χ0n) is 9.07. The summed E-state index contributed by atoms with van der Waals surface area (Å²) in [4.78, 5) is 23.9. The van der Waals surface area contributed by atoms with Crippen LogP contribution >= 0.6 is 0 Å². The standard InChI is InChI=1S/C10H18N2O3/c1-2-3-6-15-10(14)12-5-4-8(7-12)9(11)13/h8H,2-7H2,1H3,(H2,11,13). The summed E-state index contributed by atoms with van der Waals surface area (Å²) in [7, 11) is 0. The summed E-state index contributed by atoms with van der Waals surface area (Å²) in [6, 6.07) is 0. The molecule has 86 valence electrons. The summed E-state index contributed by atoms with van der Waals surface area (Å²) < 4.78 is 5.03. The predicted octanol–water partition coefficient (Wildman–Crippen LogP) is 0.730. The molecule has 1 aliphatic rings. The van der Waals surface area contributed by atoms with Crippen LogP contribution in [0.4, 0.5) is 4.79 Å². The van der Waals surface area contributed by atoms with E-state index in [9.17, 15) is 9.59 Å². The van der Waals surface area contributed by atoms with E-state index in [2.05, 4.69) is 0 Å². The van der Waals surface area contributed by atoms with Crippen LogP contribution in [-0.2, 0) is 9.53 Å². The normalized spacial score (nSPS) is 20.3. The molecule has 2 amide bonds. The first-order chi connectivity index (χ1) is 7.15. The predicted molar refractivity (Wildman–Crippen MR) is 55.1 cm³/mol. The number of primary amides is 1. The molecule has 1 aliphatic heterocycles. The Balaban J connectivity index is 2.27. The molecule has 15 heavy (non-hydrogen) atoms. The number of likely N-dealkylation sites (tertiary alicyclic amines) is 1. The van der Waals surface area contributed by atoms with Crippen LogP contribution in [0.15, 0.2) is 0 Å². The van der Waals surface area contributed by atoms with Gasteiger partial charge in [0.1, 0.15) is 0 Å². The fourth-order valence-electron chi connectivity index (χ4n) is 1.55. The Hall–Kier alpha value is -1.26. The summed E-state index contributed by atoms with van der Waals surface area (Å²) in [5, 5.41) is 0. The van der Waals surface area contributed by atoms with Gasteiger partial charge in [-0.25, -0.2) is 4.79 Å². The number of amides is 2. The molecule has 0 spiro atoms. The van der Waals surface area contributed by atoms with Crippen LogP contribution < -0.4 is 5.73 Å². The number of carbonyl (C=O) groups is 2. The second-order valence-corrected chi connectivity index (χ2v) is 3.80. The van der Waals surface area contributed by atoms with Gasteiger partial charge in [0.05, 0.1) is 12.5 Å². The minimum atomic E-state index is -0.334. The van der Waals surface area contributed by atoms with E-state index in [0.717, 1.165) is 12.8 Å². The van der Waals surface area contributed by atoms with Crippen LogP contribution in [0.25, 0.3) is 0 Å². The third-order valence-electron chi connectivity index (χ3n) is 2.57. The van der Waals surface area contributed by atoms with Crippen molar-refractivity contribution in [3.05, 3.63) is 0 Å². The zero-order valence-corrected chi connectivity index (χ0v) is 9.07. The van der Waals surface area contributed by atoms with Crippen LogP contribution in [-0.4, -0.2) is 36.6 Å². The van der Waals surface area contributed by atoms with Crippen molar-refractivity contribution >= 4 is 12.0 Å². The largest absolute Gasteiger partial charge is 0.449 e. The molecule has 0 aromatic rings. The van der Waals surface area contributed by atoms with Crippen molar-refractivity contribution in [1.82, 2.24) is 4.90 Å². The third-order valence-corrected chi connectivity index (χ3v) is 2.57. The lowest BCUT2D eigenvalue weighted by atomic mass is 10.1. The van der Waals surface area contributed by atoms with Gasteiger partial charge in [0, 0.05) is 13.1 Å². The molecule has 1 unspecified atom stereocenters. The molecule has 0 bridgehead atoms. The highest BCUT2D eigenvalue weighted by Gasteiger charge is 2.30. The maximum Gasteiger partial charge on any atom is 0.409 e.